The van der Waals surface area contributed by atoms with E-state index >= 15 is 0 Å². The minimum Gasteiger partial charge on any atom is -0.460 e. The van der Waals surface area contributed by atoms with E-state index in [0.29, 0.717) is 6.01 Å². The lowest BCUT2D eigenvalue weighted by molar-refractivity contribution is -0.0298. The second-order valence-corrected chi connectivity index (χ2v) is 6.21. The first-order valence-electron chi connectivity index (χ1n) is 8.38. The van der Waals surface area contributed by atoms with E-state index in [9.17, 15) is 0 Å². The van der Waals surface area contributed by atoms with Crippen LogP contribution in [0.5, 0.6) is 6.01 Å². The van der Waals surface area contributed by atoms with E-state index in [1.54, 1.807) is 12.5 Å². The lowest BCUT2D eigenvalue weighted by Gasteiger charge is -2.24. The third-order valence-corrected chi connectivity index (χ3v) is 4.58. The van der Waals surface area contributed by atoms with Gasteiger partial charge in [-0.2, -0.15) is 4.98 Å². The molecule has 1 aliphatic carbocycles. The molecule has 22 heavy (non-hydrogen) atoms. The van der Waals surface area contributed by atoms with Crippen molar-refractivity contribution in [2.45, 2.75) is 63.7 Å². The van der Waals surface area contributed by atoms with Gasteiger partial charge in [0.1, 0.15) is 17.8 Å². The summed E-state index contributed by atoms with van der Waals surface area (Å²) in [7, 11) is 0. The van der Waals surface area contributed by atoms with Crippen molar-refractivity contribution >= 4 is 11.2 Å². The summed E-state index contributed by atoms with van der Waals surface area (Å²) in [6, 6.07) is 0.469. The van der Waals surface area contributed by atoms with E-state index in [1.165, 1.54) is 25.7 Å². The van der Waals surface area contributed by atoms with Gasteiger partial charge in [0.15, 0.2) is 5.65 Å². The third kappa shape index (κ3) is 2.79. The molecule has 4 rings (SSSR count). The summed E-state index contributed by atoms with van der Waals surface area (Å²) in [5, 5.41) is 0. The highest BCUT2D eigenvalue weighted by molar-refractivity contribution is 5.69. The Morgan fingerprint density at radius 3 is 2.73 bits per heavy atom. The first-order valence-corrected chi connectivity index (χ1v) is 8.38. The summed E-state index contributed by atoms with van der Waals surface area (Å²) in [6.45, 7) is 0.806. The van der Waals surface area contributed by atoms with Gasteiger partial charge in [0, 0.05) is 6.61 Å². The number of rotatable bonds is 3. The molecule has 0 spiro atoms. The number of nitrogens with zero attached hydrogens (tertiary/aromatic N) is 4. The second-order valence-electron chi connectivity index (χ2n) is 6.21. The fraction of sp³-hybridized carbons (Fsp3) is 0.688. The maximum Gasteiger partial charge on any atom is 0.318 e. The second kappa shape index (κ2) is 6.20. The van der Waals surface area contributed by atoms with Crippen LogP contribution in [0.1, 0.15) is 57.6 Å². The van der Waals surface area contributed by atoms with Gasteiger partial charge in [-0.25, -0.2) is 9.97 Å². The summed E-state index contributed by atoms with van der Waals surface area (Å²) in [6.07, 6.45) is 13.2. The largest absolute Gasteiger partial charge is 0.460 e. The van der Waals surface area contributed by atoms with Crippen LogP contribution in [-0.2, 0) is 4.74 Å². The SMILES string of the molecule is c1nc(OC2CCCCC2)nc2c1ncn2C1CCCCO1. The molecule has 6 heteroatoms. The molecule has 6 nitrogen and oxygen atoms in total. The molecule has 0 bridgehead atoms. The number of fused-ring (bicyclic) bond motifs is 1. The van der Waals surface area contributed by atoms with E-state index in [2.05, 4.69) is 15.0 Å². The summed E-state index contributed by atoms with van der Waals surface area (Å²) in [5.74, 6) is 0. The Morgan fingerprint density at radius 1 is 1.05 bits per heavy atom. The van der Waals surface area contributed by atoms with Gasteiger partial charge in [-0.15, -0.1) is 0 Å². The van der Waals surface area contributed by atoms with E-state index in [-0.39, 0.29) is 12.3 Å². The zero-order valence-corrected chi connectivity index (χ0v) is 12.8. The Balaban J connectivity index is 1.58. The highest BCUT2D eigenvalue weighted by Gasteiger charge is 2.20. The van der Waals surface area contributed by atoms with Crippen LogP contribution in [0.2, 0.25) is 0 Å². The maximum atomic E-state index is 5.97. The summed E-state index contributed by atoms with van der Waals surface area (Å²) < 4.78 is 13.8. The predicted octanol–water partition coefficient (Wildman–Crippen LogP) is 3.24. The molecular formula is C16H22N4O2. The topological polar surface area (TPSA) is 62.1 Å². The first kappa shape index (κ1) is 13.9. The zero-order valence-electron chi connectivity index (χ0n) is 12.8. The fourth-order valence-electron chi connectivity index (χ4n) is 3.35. The lowest BCUT2D eigenvalue weighted by Crippen LogP contribution is -2.21. The summed E-state index contributed by atoms with van der Waals surface area (Å²) in [5.41, 5.74) is 1.61. The van der Waals surface area contributed by atoms with Gasteiger partial charge >= 0.3 is 6.01 Å². The third-order valence-electron chi connectivity index (χ3n) is 4.58. The predicted molar refractivity (Wildman–Crippen MR) is 81.7 cm³/mol. The molecule has 1 saturated carbocycles. The molecule has 2 aliphatic rings. The standard InChI is InChI=1S/C16H22N4O2/c1-2-6-12(7-3-1)22-16-17-10-13-15(19-16)20(11-18-13)14-8-4-5-9-21-14/h10-12,14H,1-9H2. The molecule has 1 saturated heterocycles. The van der Waals surface area contributed by atoms with Gasteiger partial charge in [-0.1, -0.05) is 6.42 Å². The summed E-state index contributed by atoms with van der Waals surface area (Å²) in [4.78, 5) is 13.3. The number of hydrogen-bond donors (Lipinski definition) is 0. The van der Waals surface area contributed by atoms with Gasteiger partial charge in [0.2, 0.25) is 0 Å². The van der Waals surface area contributed by atoms with Crippen LogP contribution in [-0.4, -0.2) is 32.2 Å². The molecule has 0 amide bonds. The van der Waals surface area contributed by atoms with Crippen molar-refractivity contribution < 1.29 is 9.47 Å². The van der Waals surface area contributed by atoms with Gasteiger partial charge < -0.3 is 9.47 Å². The van der Waals surface area contributed by atoms with Crippen molar-refractivity contribution in [2.75, 3.05) is 6.61 Å². The lowest BCUT2D eigenvalue weighted by atomic mass is 9.98. The van der Waals surface area contributed by atoms with E-state index in [4.69, 9.17) is 9.47 Å². The highest BCUT2D eigenvalue weighted by atomic mass is 16.5. The van der Waals surface area contributed by atoms with Crippen molar-refractivity contribution in [3.05, 3.63) is 12.5 Å². The van der Waals surface area contributed by atoms with E-state index < -0.39 is 0 Å². The molecular weight excluding hydrogens is 280 g/mol. The van der Waals surface area contributed by atoms with Crippen molar-refractivity contribution in [3.8, 4) is 6.01 Å². The average Bonchev–Trinajstić information content (AvgIpc) is 3.00. The van der Waals surface area contributed by atoms with Crippen LogP contribution >= 0.6 is 0 Å². The van der Waals surface area contributed by atoms with Crippen molar-refractivity contribution in [1.82, 2.24) is 19.5 Å². The van der Waals surface area contributed by atoms with E-state index in [1.807, 2.05) is 4.57 Å². The van der Waals surface area contributed by atoms with E-state index in [0.717, 1.165) is 43.5 Å². The molecule has 118 valence electrons. The number of aromatic nitrogens is 4. The number of hydrogen-bond acceptors (Lipinski definition) is 5. The molecule has 1 unspecified atom stereocenters. The highest BCUT2D eigenvalue weighted by Crippen LogP contribution is 2.27. The maximum absolute atomic E-state index is 5.97. The normalized spacial score (nSPS) is 23.7. The molecule has 1 atom stereocenters. The molecule has 0 N–H and O–H groups in total. The van der Waals surface area contributed by atoms with Crippen LogP contribution in [0.15, 0.2) is 12.5 Å². The summed E-state index contributed by atoms with van der Waals surface area (Å²) >= 11 is 0. The van der Waals surface area contributed by atoms with Crippen molar-refractivity contribution in [1.29, 1.82) is 0 Å². The van der Waals surface area contributed by atoms with Crippen molar-refractivity contribution in [3.63, 3.8) is 0 Å². The van der Waals surface area contributed by atoms with Gasteiger partial charge in [0.05, 0.1) is 12.5 Å². The fourth-order valence-corrected chi connectivity index (χ4v) is 3.35. The molecule has 1 aliphatic heterocycles. The Bertz CT molecular complexity index is 630. The molecule has 2 fully saturated rings. The van der Waals surface area contributed by atoms with Crippen molar-refractivity contribution in [2.24, 2.45) is 0 Å². The van der Waals surface area contributed by atoms with Gasteiger partial charge in [-0.3, -0.25) is 4.57 Å². The average molecular weight is 302 g/mol. The number of imidazole rings is 1. The molecule has 0 aromatic carbocycles. The minimum atomic E-state index is 0.0381. The Morgan fingerprint density at radius 2 is 1.91 bits per heavy atom. The smallest absolute Gasteiger partial charge is 0.318 e. The van der Waals surface area contributed by atoms with Gasteiger partial charge in [0.25, 0.3) is 0 Å². The quantitative estimate of drug-likeness (QED) is 0.871. The number of ether oxygens (including phenoxy) is 2. The van der Waals surface area contributed by atoms with Crippen LogP contribution in [0.4, 0.5) is 0 Å². The zero-order chi connectivity index (χ0) is 14.8. The van der Waals surface area contributed by atoms with Crippen LogP contribution in [0.3, 0.4) is 0 Å². The Kier molecular flexibility index (Phi) is 3.93. The first-order chi connectivity index (χ1) is 10.9. The molecule has 2 aromatic rings. The Labute approximate surface area is 129 Å². The van der Waals surface area contributed by atoms with Crippen LogP contribution in [0.25, 0.3) is 11.2 Å². The molecule has 3 heterocycles. The molecule has 0 radical (unpaired) electrons. The van der Waals surface area contributed by atoms with Crippen LogP contribution in [0, 0.1) is 0 Å². The van der Waals surface area contributed by atoms with Crippen LogP contribution < -0.4 is 4.74 Å². The van der Waals surface area contributed by atoms with Gasteiger partial charge in [-0.05, 0) is 44.9 Å². The Hall–Kier alpha value is -1.69. The monoisotopic (exact) mass is 302 g/mol. The minimum absolute atomic E-state index is 0.0381. The molecule has 2 aromatic heterocycles.